The molecule has 0 radical (unpaired) electrons. The standard InChI is InChI=1S/C20H38O4/c1-19(21)24-18-16-14-12-10-8-6-4-2-3-5-7-9-11-13-15-17-20(22)23/h2-18H2,1H3,(H,22,23). The van der Waals surface area contributed by atoms with Gasteiger partial charge in [-0.1, -0.05) is 83.5 Å². The van der Waals surface area contributed by atoms with Crippen LogP contribution in [-0.2, 0) is 14.3 Å². The molecule has 0 aliphatic heterocycles. The van der Waals surface area contributed by atoms with Gasteiger partial charge in [-0.05, 0) is 12.8 Å². The fourth-order valence-electron chi connectivity index (χ4n) is 2.89. The molecular weight excluding hydrogens is 304 g/mol. The highest BCUT2D eigenvalue weighted by molar-refractivity contribution is 5.66. The zero-order chi connectivity index (χ0) is 17.9. The van der Waals surface area contributed by atoms with Gasteiger partial charge in [0.2, 0.25) is 0 Å². The second kappa shape index (κ2) is 18.3. The molecule has 0 aromatic rings. The van der Waals surface area contributed by atoms with Gasteiger partial charge in [-0.25, -0.2) is 0 Å². The van der Waals surface area contributed by atoms with E-state index in [0.29, 0.717) is 13.0 Å². The van der Waals surface area contributed by atoms with Gasteiger partial charge in [-0.3, -0.25) is 9.59 Å². The van der Waals surface area contributed by atoms with E-state index >= 15 is 0 Å². The van der Waals surface area contributed by atoms with E-state index in [9.17, 15) is 9.59 Å². The van der Waals surface area contributed by atoms with Crippen LogP contribution in [0.4, 0.5) is 0 Å². The summed E-state index contributed by atoms with van der Waals surface area (Å²) >= 11 is 0. The van der Waals surface area contributed by atoms with E-state index in [1.54, 1.807) is 0 Å². The van der Waals surface area contributed by atoms with E-state index in [2.05, 4.69) is 0 Å². The Bertz CT molecular complexity index is 272. The number of ether oxygens (including phenoxy) is 1. The lowest BCUT2D eigenvalue weighted by Crippen LogP contribution is -2.00. The summed E-state index contributed by atoms with van der Waals surface area (Å²) in [6.45, 7) is 2.04. The highest BCUT2D eigenvalue weighted by Gasteiger charge is 1.97. The third-order valence-electron chi connectivity index (χ3n) is 4.34. The minimum absolute atomic E-state index is 0.173. The fraction of sp³-hybridized carbons (Fsp3) is 0.900. The van der Waals surface area contributed by atoms with Gasteiger partial charge in [0.25, 0.3) is 0 Å². The molecule has 0 amide bonds. The zero-order valence-corrected chi connectivity index (χ0v) is 15.7. The number of hydrogen-bond acceptors (Lipinski definition) is 3. The molecule has 24 heavy (non-hydrogen) atoms. The van der Waals surface area contributed by atoms with Gasteiger partial charge < -0.3 is 9.84 Å². The van der Waals surface area contributed by atoms with E-state index in [-0.39, 0.29) is 5.97 Å². The number of carbonyl (C=O) groups is 2. The van der Waals surface area contributed by atoms with Crippen LogP contribution in [-0.4, -0.2) is 23.7 Å². The van der Waals surface area contributed by atoms with Crippen molar-refractivity contribution < 1.29 is 19.4 Å². The number of hydrogen-bond donors (Lipinski definition) is 1. The molecular formula is C20H38O4. The lowest BCUT2D eigenvalue weighted by molar-refractivity contribution is -0.141. The lowest BCUT2D eigenvalue weighted by Gasteiger charge is -2.04. The molecule has 0 heterocycles. The quantitative estimate of drug-likeness (QED) is 0.250. The first-order valence-electron chi connectivity index (χ1n) is 9.98. The normalized spacial score (nSPS) is 10.7. The maximum absolute atomic E-state index is 10.6. The van der Waals surface area contributed by atoms with Crippen molar-refractivity contribution in [3.63, 3.8) is 0 Å². The van der Waals surface area contributed by atoms with Crippen molar-refractivity contribution >= 4 is 11.9 Å². The van der Waals surface area contributed by atoms with Crippen molar-refractivity contribution in [2.24, 2.45) is 0 Å². The van der Waals surface area contributed by atoms with Crippen molar-refractivity contribution in [2.45, 2.75) is 110 Å². The van der Waals surface area contributed by atoms with Crippen molar-refractivity contribution in [1.82, 2.24) is 0 Å². The van der Waals surface area contributed by atoms with Crippen molar-refractivity contribution in [3.05, 3.63) is 0 Å². The number of carbonyl (C=O) groups excluding carboxylic acids is 1. The minimum Gasteiger partial charge on any atom is -0.481 e. The van der Waals surface area contributed by atoms with Gasteiger partial charge in [-0.15, -0.1) is 0 Å². The van der Waals surface area contributed by atoms with E-state index in [1.807, 2.05) is 0 Å². The molecule has 0 bridgehead atoms. The van der Waals surface area contributed by atoms with Crippen LogP contribution in [0.5, 0.6) is 0 Å². The van der Waals surface area contributed by atoms with Gasteiger partial charge >= 0.3 is 11.9 Å². The highest BCUT2D eigenvalue weighted by atomic mass is 16.5. The molecule has 1 N–H and O–H groups in total. The topological polar surface area (TPSA) is 63.6 Å². The number of unbranched alkanes of at least 4 members (excludes halogenated alkanes) is 14. The van der Waals surface area contributed by atoms with Gasteiger partial charge in [0.05, 0.1) is 6.61 Å². The van der Waals surface area contributed by atoms with Crippen LogP contribution < -0.4 is 0 Å². The molecule has 0 unspecified atom stereocenters. The Morgan fingerprint density at radius 1 is 0.625 bits per heavy atom. The maximum Gasteiger partial charge on any atom is 0.303 e. The molecule has 0 atom stereocenters. The van der Waals surface area contributed by atoms with E-state index in [1.165, 1.54) is 84.0 Å². The molecule has 142 valence electrons. The van der Waals surface area contributed by atoms with Gasteiger partial charge in [0.15, 0.2) is 0 Å². The van der Waals surface area contributed by atoms with Crippen LogP contribution in [0.2, 0.25) is 0 Å². The molecule has 0 saturated carbocycles. The highest BCUT2D eigenvalue weighted by Crippen LogP contribution is 2.13. The number of esters is 1. The number of rotatable bonds is 18. The average Bonchev–Trinajstić information content (AvgIpc) is 2.53. The maximum atomic E-state index is 10.6. The molecule has 4 nitrogen and oxygen atoms in total. The Labute approximate surface area is 148 Å². The Hall–Kier alpha value is -1.06. The first-order valence-corrected chi connectivity index (χ1v) is 9.98. The molecule has 0 aliphatic rings. The summed E-state index contributed by atoms with van der Waals surface area (Å²) in [5.41, 5.74) is 0. The Kier molecular flexibility index (Phi) is 17.5. The molecule has 0 saturated heterocycles. The van der Waals surface area contributed by atoms with Crippen LogP contribution in [0.15, 0.2) is 0 Å². The summed E-state index contributed by atoms with van der Waals surface area (Å²) in [5.74, 6) is -0.842. The summed E-state index contributed by atoms with van der Waals surface area (Å²) in [5, 5.41) is 8.54. The predicted molar refractivity (Wildman–Crippen MR) is 98.1 cm³/mol. The molecule has 4 heteroatoms. The summed E-state index contributed by atoms with van der Waals surface area (Å²) in [6, 6.07) is 0. The second-order valence-corrected chi connectivity index (χ2v) is 6.79. The number of aliphatic carboxylic acids is 1. The predicted octanol–water partition coefficient (Wildman–Crippen LogP) is 5.88. The van der Waals surface area contributed by atoms with Crippen LogP contribution in [0, 0.1) is 0 Å². The molecule has 0 aromatic heterocycles. The smallest absolute Gasteiger partial charge is 0.303 e. The molecule has 0 fully saturated rings. The minimum atomic E-state index is -0.669. The molecule has 0 spiro atoms. The lowest BCUT2D eigenvalue weighted by atomic mass is 10.0. The fourth-order valence-corrected chi connectivity index (χ4v) is 2.89. The van der Waals surface area contributed by atoms with E-state index < -0.39 is 5.97 Å². The summed E-state index contributed by atoms with van der Waals surface area (Å²) in [6.07, 6.45) is 18.7. The molecule has 0 rings (SSSR count). The van der Waals surface area contributed by atoms with E-state index in [0.717, 1.165) is 19.3 Å². The first kappa shape index (κ1) is 22.9. The first-order chi connectivity index (χ1) is 11.6. The monoisotopic (exact) mass is 342 g/mol. The number of carboxylic acids is 1. The summed E-state index contributed by atoms with van der Waals surface area (Å²) < 4.78 is 4.91. The van der Waals surface area contributed by atoms with Gasteiger partial charge in [0, 0.05) is 13.3 Å². The average molecular weight is 343 g/mol. The van der Waals surface area contributed by atoms with Crippen LogP contribution in [0.1, 0.15) is 110 Å². The Morgan fingerprint density at radius 3 is 1.29 bits per heavy atom. The zero-order valence-electron chi connectivity index (χ0n) is 15.7. The number of carboxylic acid groups (broad SMARTS) is 1. The third-order valence-corrected chi connectivity index (χ3v) is 4.34. The second-order valence-electron chi connectivity index (χ2n) is 6.79. The Balaban J connectivity index is 3.00. The van der Waals surface area contributed by atoms with Gasteiger partial charge in [-0.2, -0.15) is 0 Å². The van der Waals surface area contributed by atoms with Crippen molar-refractivity contribution in [2.75, 3.05) is 6.61 Å². The molecule has 0 aliphatic carbocycles. The largest absolute Gasteiger partial charge is 0.481 e. The summed E-state index contributed by atoms with van der Waals surface area (Å²) in [7, 11) is 0. The van der Waals surface area contributed by atoms with Crippen LogP contribution in [0.25, 0.3) is 0 Å². The van der Waals surface area contributed by atoms with Gasteiger partial charge in [0.1, 0.15) is 0 Å². The van der Waals surface area contributed by atoms with E-state index in [4.69, 9.17) is 9.84 Å². The van der Waals surface area contributed by atoms with Crippen molar-refractivity contribution in [1.29, 1.82) is 0 Å². The third kappa shape index (κ3) is 20.9. The molecule has 0 aromatic carbocycles. The Morgan fingerprint density at radius 2 is 0.958 bits per heavy atom. The van der Waals surface area contributed by atoms with Crippen LogP contribution >= 0.6 is 0 Å². The SMILES string of the molecule is CC(=O)OCCCCCCCCCCCCCCCCCC(=O)O. The summed E-state index contributed by atoms with van der Waals surface area (Å²) in [4.78, 5) is 21.0. The van der Waals surface area contributed by atoms with Crippen molar-refractivity contribution in [3.8, 4) is 0 Å². The van der Waals surface area contributed by atoms with Crippen LogP contribution in [0.3, 0.4) is 0 Å².